The number of sulfonamides is 1. The molecule has 174 valence electrons. The average molecular weight is 462 g/mol. The van der Waals surface area contributed by atoms with Gasteiger partial charge in [0.1, 0.15) is 5.75 Å². The van der Waals surface area contributed by atoms with Gasteiger partial charge in [-0.3, -0.25) is 4.79 Å². The number of nitrogens with one attached hydrogen (secondary N) is 1. The molecule has 2 aliphatic heterocycles. The molecule has 0 radical (unpaired) electrons. The minimum atomic E-state index is -3.26. The Morgan fingerprint density at radius 1 is 1.28 bits per heavy atom. The van der Waals surface area contributed by atoms with Gasteiger partial charge in [-0.25, -0.2) is 12.7 Å². The van der Waals surface area contributed by atoms with Crippen LogP contribution in [0.4, 0.5) is 0 Å². The monoisotopic (exact) mass is 461 g/mol. The largest absolute Gasteiger partial charge is 0.497 e. The molecule has 1 aliphatic carbocycles. The molecule has 1 saturated heterocycles. The van der Waals surface area contributed by atoms with Crippen LogP contribution in [0.3, 0.4) is 0 Å². The van der Waals surface area contributed by atoms with Gasteiger partial charge in [-0.05, 0) is 43.4 Å². The molecule has 2 aromatic rings. The molecule has 0 unspecified atom stereocenters. The van der Waals surface area contributed by atoms with Crippen LogP contribution in [0.15, 0.2) is 18.2 Å². The Balaban J connectivity index is 1.63. The number of carbonyl (C=O) groups is 1. The molecule has 2 fully saturated rings. The lowest BCUT2D eigenvalue weighted by Crippen LogP contribution is -2.57. The summed E-state index contributed by atoms with van der Waals surface area (Å²) in [5.41, 5.74) is 2.56. The van der Waals surface area contributed by atoms with Crippen LogP contribution < -0.4 is 4.74 Å². The number of H-pyrrole nitrogens is 1. The quantitative estimate of drug-likeness (QED) is 0.726. The number of nitrogens with zero attached hydrogens (tertiary/aromatic N) is 2. The van der Waals surface area contributed by atoms with E-state index in [9.17, 15) is 18.3 Å². The Labute approximate surface area is 188 Å². The number of rotatable bonds is 4. The number of methoxy groups -OCH3 is 1. The van der Waals surface area contributed by atoms with Crippen LogP contribution in [-0.4, -0.2) is 73.2 Å². The van der Waals surface area contributed by atoms with E-state index in [0.717, 1.165) is 47.2 Å². The summed E-state index contributed by atoms with van der Waals surface area (Å²) in [5.74, 6) is 0.880. The molecule has 0 bridgehead atoms. The molecule has 9 heteroatoms. The van der Waals surface area contributed by atoms with Crippen LogP contribution in [0, 0.1) is 5.92 Å². The smallest absolute Gasteiger partial charge is 0.226 e. The predicted octanol–water partition coefficient (Wildman–Crippen LogP) is 2.15. The molecule has 1 atom stereocenters. The number of aromatic nitrogens is 1. The first kappa shape index (κ1) is 21.7. The second kappa shape index (κ2) is 7.74. The number of aliphatic hydroxyl groups is 1. The molecule has 5 rings (SSSR count). The third-order valence-corrected chi connectivity index (χ3v) is 9.11. The molecule has 3 heterocycles. The number of hydrogen-bond donors (Lipinski definition) is 2. The highest BCUT2D eigenvalue weighted by Crippen LogP contribution is 2.50. The van der Waals surface area contributed by atoms with Crippen molar-refractivity contribution in [2.45, 2.75) is 43.6 Å². The molecule has 1 aromatic heterocycles. The SMILES string of the molecule is COc1ccc2c3c([nH]c2c1)[C@@H](CO)N(C(=O)C1CCC1)CC31CCN(S(C)(=O)=O)CC1. The maximum atomic E-state index is 13.4. The maximum absolute atomic E-state index is 13.4. The van der Waals surface area contributed by atoms with E-state index in [0.29, 0.717) is 32.5 Å². The van der Waals surface area contributed by atoms with Crippen molar-refractivity contribution >= 4 is 26.8 Å². The van der Waals surface area contributed by atoms with Gasteiger partial charge in [-0.1, -0.05) is 6.42 Å². The number of piperidine rings is 1. The fourth-order valence-electron chi connectivity index (χ4n) is 5.78. The lowest BCUT2D eigenvalue weighted by atomic mass is 9.68. The number of carbonyl (C=O) groups excluding carboxylic acids is 1. The van der Waals surface area contributed by atoms with Crippen LogP contribution >= 0.6 is 0 Å². The van der Waals surface area contributed by atoms with Crippen molar-refractivity contribution in [3.63, 3.8) is 0 Å². The Bertz CT molecular complexity index is 1150. The van der Waals surface area contributed by atoms with E-state index < -0.39 is 16.1 Å². The zero-order chi connectivity index (χ0) is 22.7. The third-order valence-electron chi connectivity index (χ3n) is 7.81. The van der Waals surface area contributed by atoms with Crippen molar-refractivity contribution in [3.05, 3.63) is 29.5 Å². The molecule has 8 nitrogen and oxygen atoms in total. The molecule has 2 N–H and O–H groups in total. The van der Waals surface area contributed by atoms with E-state index >= 15 is 0 Å². The summed E-state index contributed by atoms with van der Waals surface area (Å²) in [7, 11) is -1.63. The first-order chi connectivity index (χ1) is 15.3. The number of fused-ring (bicyclic) bond motifs is 4. The highest BCUT2D eigenvalue weighted by atomic mass is 32.2. The van der Waals surface area contributed by atoms with Crippen molar-refractivity contribution in [2.24, 2.45) is 5.92 Å². The van der Waals surface area contributed by atoms with Gasteiger partial charge in [0.2, 0.25) is 15.9 Å². The van der Waals surface area contributed by atoms with Crippen molar-refractivity contribution in [1.29, 1.82) is 0 Å². The van der Waals surface area contributed by atoms with Crippen molar-refractivity contribution in [2.75, 3.05) is 39.6 Å². The molecule has 1 saturated carbocycles. The van der Waals surface area contributed by atoms with Crippen LogP contribution in [0.5, 0.6) is 5.75 Å². The lowest BCUT2D eigenvalue weighted by molar-refractivity contribution is -0.144. The Morgan fingerprint density at radius 2 is 2.00 bits per heavy atom. The van der Waals surface area contributed by atoms with Gasteiger partial charge in [-0.15, -0.1) is 0 Å². The topological polar surface area (TPSA) is 103 Å². The summed E-state index contributed by atoms with van der Waals surface area (Å²) in [4.78, 5) is 18.8. The van der Waals surface area contributed by atoms with Gasteiger partial charge < -0.3 is 19.7 Å². The predicted molar refractivity (Wildman–Crippen MR) is 121 cm³/mol. The van der Waals surface area contributed by atoms with Crippen LogP contribution in [0.2, 0.25) is 0 Å². The van der Waals surface area contributed by atoms with E-state index in [2.05, 4.69) is 4.98 Å². The van der Waals surface area contributed by atoms with Crippen molar-refractivity contribution < 1.29 is 23.1 Å². The summed E-state index contributed by atoms with van der Waals surface area (Å²) in [6.07, 6.45) is 5.40. The van der Waals surface area contributed by atoms with Gasteiger partial charge in [0.25, 0.3) is 0 Å². The standard InChI is InChI=1S/C23H31N3O5S/c1-31-16-6-7-17-18(12-16)24-21-19(13-27)26(22(28)15-4-3-5-15)14-23(20(17)21)8-10-25(11-9-23)32(2,29)30/h6-7,12,15,19,24,27H,3-5,8-11,13-14H2,1-2H3/t19-/m1/s1. The Morgan fingerprint density at radius 3 is 2.56 bits per heavy atom. The number of benzene rings is 1. The van der Waals surface area contributed by atoms with Crippen LogP contribution in [0.25, 0.3) is 10.9 Å². The molecular formula is C23H31N3O5S. The molecular weight excluding hydrogens is 430 g/mol. The van der Waals surface area contributed by atoms with Crippen LogP contribution in [0.1, 0.15) is 49.4 Å². The van der Waals surface area contributed by atoms with Gasteiger partial charge in [0.15, 0.2) is 0 Å². The van der Waals surface area contributed by atoms with Crippen LogP contribution in [-0.2, 0) is 20.2 Å². The molecule has 1 aromatic carbocycles. The Kier molecular flexibility index (Phi) is 5.26. The number of aliphatic hydroxyl groups excluding tert-OH is 1. The van der Waals surface area contributed by atoms with Crippen molar-refractivity contribution in [3.8, 4) is 5.75 Å². The normalized spacial score (nSPS) is 23.8. The molecule has 3 aliphatic rings. The van der Waals surface area contributed by atoms with Gasteiger partial charge in [0.05, 0.1) is 26.0 Å². The van der Waals surface area contributed by atoms with E-state index in [1.807, 2.05) is 23.1 Å². The van der Waals surface area contributed by atoms with Gasteiger partial charge in [-0.2, -0.15) is 0 Å². The third kappa shape index (κ3) is 3.33. The molecule has 1 spiro atoms. The highest BCUT2D eigenvalue weighted by molar-refractivity contribution is 7.88. The first-order valence-corrected chi connectivity index (χ1v) is 13.2. The van der Waals surface area contributed by atoms with E-state index in [4.69, 9.17) is 4.74 Å². The molecule has 1 amide bonds. The van der Waals surface area contributed by atoms with E-state index in [1.165, 1.54) is 10.6 Å². The summed E-state index contributed by atoms with van der Waals surface area (Å²) in [5, 5.41) is 11.4. The summed E-state index contributed by atoms with van der Waals surface area (Å²) < 4.78 is 31.2. The van der Waals surface area contributed by atoms with Gasteiger partial charge >= 0.3 is 0 Å². The van der Waals surface area contributed by atoms with Gasteiger partial charge in [0, 0.05) is 53.6 Å². The summed E-state index contributed by atoms with van der Waals surface area (Å²) in [6.45, 7) is 1.21. The fraction of sp³-hybridized carbons (Fsp3) is 0.609. The first-order valence-electron chi connectivity index (χ1n) is 11.3. The minimum Gasteiger partial charge on any atom is -0.497 e. The average Bonchev–Trinajstić information content (AvgIpc) is 3.11. The zero-order valence-electron chi connectivity index (χ0n) is 18.6. The maximum Gasteiger partial charge on any atom is 0.226 e. The van der Waals surface area contributed by atoms with E-state index in [-0.39, 0.29) is 23.8 Å². The second-order valence-electron chi connectivity index (χ2n) is 9.56. The number of amides is 1. The Hall–Kier alpha value is -2.10. The highest BCUT2D eigenvalue weighted by Gasteiger charge is 2.50. The zero-order valence-corrected chi connectivity index (χ0v) is 19.5. The van der Waals surface area contributed by atoms with E-state index in [1.54, 1.807) is 7.11 Å². The number of hydrogen-bond acceptors (Lipinski definition) is 5. The summed E-state index contributed by atoms with van der Waals surface area (Å²) in [6, 6.07) is 5.48. The molecule has 32 heavy (non-hydrogen) atoms. The lowest BCUT2D eigenvalue weighted by Gasteiger charge is -2.51. The minimum absolute atomic E-state index is 0.0308. The number of ether oxygens (including phenoxy) is 1. The number of aromatic amines is 1. The second-order valence-corrected chi connectivity index (χ2v) is 11.5. The summed E-state index contributed by atoms with van der Waals surface area (Å²) >= 11 is 0. The fourth-order valence-corrected chi connectivity index (χ4v) is 6.63. The van der Waals surface area contributed by atoms with Crippen molar-refractivity contribution in [1.82, 2.24) is 14.2 Å².